The van der Waals surface area contributed by atoms with E-state index in [1.165, 1.54) is 6.07 Å². The third-order valence-electron chi connectivity index (χ3n) is 2.53. The van der Waals surface area contributed by atoms with E-state index in [2.05, 4.69) is 15.1 Å². The number of hydrogen-bond acceptors (Lipinski definition) is 4. The van der Waals surface area contributed by atoms with Gasteiger partial charge in [-0.25, -0.2) is 9.37 Å². The highest BCUT2D eigenvalue weighted by Crippen LogP contribution is 2.27. The summed E-state index contributed by atoms with van der Waals surface area (Å²) in [6, 6.07) is 9.61. The number of nitrogens with zero attached hydrogens (tertiary/aromatic N) is 3. The van der Waals surface area contributed by atoms with E-state index in [-0.39, 0.29) is 22.4 Å². The normalized spacial score (nSPS) is 10.6. The molecule has 19 heavy (non-hydrogen) atoms. The minimum absolute atomic E-state index is 0.174. The van der Waals surface area contributed by atoms with Crippen molar-refractivity contribution in [2.45, 2.75) is 0 Å². The van der Waals surface area contributed by atoms with Crippen LogP contribution in [0, 0.1) is 5.82 Å². The Kier molecular flexibility index (Phi) is 2.97. The number of aromatic nitrogens is 3. The fraction of sp³-hybridized carbons (Fsp3) is 0. The van der Waals surface area contributed by atoms with Crippen LogP contribution in [0.2, 0.25) is 5.15 Å². The minimum Gasteiger partial charge on any atom is -0.333 e. The van der Waals surface area contributed by atoms with Crippen LogP contribution in [0.3, 0.4) is 0 Å². The molecular formula is C13H7ClFN3O. The maximum Gasteiger partial charge on any atom is 0.261 e. The summed E-state index contributed by atoms with van der Waals surface area (Å²) in [6.45, 7) is 0. The largest absolute Gasteiger partial charge is 0.333 e. The Labute approximate surface area is 112 Å². The van der Waals surface area contributed by atoms with E-state index in [1.54, 1.807) is 36.5 Å². The van der Waals surface area contributed by atoms with Crippen LogP contribution in [0.5, 0.6) is 0 Å². The lowest BCUT2D eigenvalue weighted by molar-refractivity contribution is 0.431. The quantitative estimate of drug-likeness (QED) is 0.671. The molecule has 2 heterocycles. The molecule has 3 aromatic rings. The van der Waals surface area contributed by atoms with E-state index in [4.69, 9.17) is 16.1 Å². The van der Waals surface area contributed by atoms with Crippen molar-refractivity contribution < 1.29 is 8.91 Å². The van der Waals surface area contributed by atoms with Crippen molar-refractivity contribution in [3.05, 3.63) is 53.6 Å². The Bertz CT molecular complexity index is 669. The van der Waals surface area contributed by atoms with Crippen LogP contribution >= 0.6 is 11.6 Å². The second-order valence-corrected chi connectivity index (χ2v) is 4.10. The van der Waals surface area contributed by atoms with Crippen molar-refractivity contribution in [2.24, 2.45) is 0 Å². The second kappa shape index (κ2) is 4.78. The molecule has 0 amide bonds. The van der Waals surface area contributed by atoms with E-state index in [0.717, 1.165) is 0 Å². The highest BCUT2D eigenvalue weighted by Gasteiger charge is 2.15. The lowest BCUT2D eigenvalue weighted by Crippen LogP contribution is -1.86. The van der Waals surface area contributed by atoms with Gasteiger partial charge in [0, 0.05) is 6.20 Å². The van der Waals surface area contributed by atoms with Gasteiger partial charge < -0.3 is 4.52 Å². The van der Waals surface area contributed by atoms with Gasteiger partial charge in [0.25, 0.3) is 5.89 Å². The van der Waals surface area contributed by atoms with Crippen LogP contribution in [0.25, 0.3) is 22.8 Å². The first kappa shape index (κ1) is 11.8. The molecule has 94 valence electrons. The molecule has 0 unspecified atom stereocenters. The van der Waals surface area contributed by atoms with Crippen molar-refractivity contribution >= 4 is 11.6 Å². The topological polar surface area (TPSA) is 51.8 Å². The second-order valence-electron chi connectivity index (χ2n) is 3.74. The van der Waals surface area contributed by atoms with Crippen LogP contribution < -0.4 is 0 Å². The summed E-state index contributed by atoms with van der Waals surface area (Å²) < 4.78 is 18.7. The molecule has 6 heteroatoms. The summed E-state index contributed by atoms with van der Waals surface area (Å²) in [5.41, 5.74) is 0.789. The van der Waals surface area contributed by atoms with Gasteiger partial charge in [-0.1, -0.05) is 28.9 Å². The zero-order valence-electron chi connectivity index (χ0n) is 9.55. The van der Waals surface area contributed by atoms with E-state index >= 15 is 0 Å². The Morgan fingerprint density at radius 3 is 2.63 bits per heavy atom. The zero-order valence-corrected chi connectivity index (χ0v) is 10.3. The van der Waals surface area contributed by atoms with E-state index < -0.39 is 5.82 Å². The van der Waals surface area contributed by atoms with E-state index in [1.807, 2.05) is 0 Å². The van der Waals surface area contributed by atoms with Gasteiger partial charge in [-0.3, -0.25) is 0 Å². The van der Waals surface area contributed by atoms with Gasteiger partial charge in [0.1, 0.15) is 11.0 Å². The molecule has 2 aromatic heterocycles. The molecule has 0 N–H and O–H groups in total. The van der Waals surface area contributed by atoms with Crippen molar-refractivity contribution in [3.63, 3.8) is 0 Å². The number of hydrogen-bond donors (Lipinski definition) is 0. The van der Waals surface area contributed by atoms with Crippen molar-refractivity contribution in [1.29, 1.82) is 0 Å². The average molecular weight is 276 g/mol. The molecular weight excluding hydrogens is 269 g/mol. The molecule has 0 spiro atoms. The van der Waals surface area contributed by atoms with Gasteiger partial charge in [-0.05, 0) is 24.3 Å². The summed E-state index contributed by atoms with van der Waals surface area (Å²) >= 11 is 5.93. The molecule has 4 nitrogen and oxygen atoms in total. The predicted octanol–water partition coefficient (Wildman–Crippen LogP) is 3.59. The lowest BCUT2D eigenvalue weighted by atomic mass is 10.2. The molecule has 0 aliphatic rings. The Morgan fingerprint density at radius 2 is 1.84 bits per heavy atom. The summed E-state index contributed by atoms with van der Waals surface area (Å²) in [7, 11) is 0. The molecule has 0 radical (unpaired) electrons. The van der Waals surface area contributed by atoms with Crippen LogP contribution in [0.4, 0.5) is 4.39 Å². The SMILES string of the molecule is Fc1ccccc1-c1noc(-c2cccnc2Cl)n1. The first-order valence-corrected chi connectivity index (χ1v) is 5.83. The fourth-order valence-corrected chi connectivity index (χ4v) is 1.83. The molecule has 3 rings (SSSR count). The van der Waals surface area contributed by atoms with Gasteiger partial charge in [-0.15, -0.1) is 0 Å². The van der Waals surface area contributed by atoms with Crippen LogP contribution in [0.1, 0.15) is 0 Å². The van der Waals surface area contributed by atoms with Crippen molar-refractivity contribution in [3.8, 4) is 22.8 Å². The molecule has 0 aliphatic carbocycles. The molecule has 0 atom stereocenters. The Balaban J connectivity index is 2.06. The first-order valence-electron chi connectivity index (χ1n) is 5.45. The fourth-order valence-electron chi connectivity index (χ4n) is 1.63. The first-order chi connectivity index (χ1) is 9.25. The van der Waals surface area contributed by atoms with E-state index in [9.17, 15) is 4.39 Å². The number of rotatable bonds is 2. The molecule has 0 aliphatic heterocycles. The highest BCUT2D eigenvalue weighted by atomic mass is 35.5. The third kappa shape index (κ3) is 2.20. The van der Waals surface area contributed by atoms with Crippen LogP contribution in [-0.2, 0) is 0 Å². The number of benzene rings is 1. The van der Waals surface area contributed by atoms with Gasteiger partial charge in [-0.2, -0.15) is 4.98 Å². The summed E-state index contributed by atoms with van der Waals surface area (Å²) in [6.07, 6.45) is 1.56. The number of halogens is 2. The van der Waals surface area contributed by atoms with Crippen molar-refractivity contribution in [1.82, 2.24) is 15.1 Å². The van der Waals surface area contributed by atoms with Crippen LogP contribution in [-0.4, -0.2) is 15.1 Å². The lowest BCUT2D eigenvalue weighted by Gasteiger charge is -1.96. The highest BCUT2D eigenvalue weighted by molar-refractivity contribution is 6.31. The Morgan fingerprint density at radius 1 is 1.05 bits per heavy atom. The molecule has 0 bridgehead atoms. The minimum atomic E-state index is -0.410. The monoisotopic (exact) mass is 275 g/mol. The summed E-state index contributed by atoms with van der Waals surface area (Å²) in [5.74, 6) is -0.0310. The molecule has 1 aromatic carbocycles. The molecule has 0 saturated heterocycles. The Hall–Kier alpha value is -2.27. The predicted molar refractivity (Wildman–Crippen MR) is 67.9 cm³/mol. The summed E-state index contributed by atoms with van der Waals surface area (Å²) in [5, 5.41) is 4.01. The molecule has 0 saturated carbocycles. The van der Waals surface area contributed by atoms with Gasteiger partial charge in [0.2, 0.25) is 5.82 Å². The van der Waals surface area contributed by atoms with E-state index in [0.29, 0.717) is 5.56 Å². The van der Waals surface area contributed by atoms with Gasteiger partial charge in [0.15, 0.2) is 0 Å². The molecule has 0 fully saturated rings. The number of pyridine rings is 1. The third-order valence-corrected chi connectivity index (χ3v) is 2.83. The van der Waals surface area contributed by atoms with Gasteiger partial charge >= 0.3 is 0 Å². The van der Waals surface area contributed by atoms with Crippen molar-refractivity contribution in [2.75, 3.05) is 0 Å². The maximum atomic E-state index is 13.6. The smallest absolute Gasteiger partial charge is 0.261 e. The zero-order chi connectivity index (χ0) is 13.2. The maximum absolute atomic E-state index is 13.6. The van der Waals surface area contributed by atoms with Gasteiger partial charge in [0.05, 0.1) is 11.1 Å². The average Bonchev–Trinajstić information content (AvgIpc) is 2.89. The standard InChI is InChI=1S/C13H7ClFN3O/c14-11-9(5-3-7-16-11)13-17-12(18-19-13)8-4-1-2-6-10(8)15/h1-7H. The summed E-state index contributed by atoms with van der Waals surface area (Å²) in [4.78, 5) is 8.05. The van der Waals surface area contributed by atoms with Crippen LogP contribution in [0.15, 0.2) is 47.1 Å².